The molecule has 1 fully saturated rings. The van der Waals surface area contributed by atoms with E-state index in [1.54, 1.807) is 12.4 Å². The molecular weight excluding hydrogens is 238 g/mol. The van der Waals surface area contributed by atoms with Crippen LogP contribution in [0.4, 0.5) is 5.82 Å². The summed E-state index contributed by atoms with van der Waals surface area (Å²) in [6.45, 7) is 0. The van der Waals surface area contributed by atoms with Gasteiger partial charge in [-0.15, -0.1) is 0 Å². The number of aromatic nitrogens is 3. The molecule has 98 valence electrons. The van der Waals surface area contributed by atoms with Crippen molar-refractivity contribution in [2.45, 2.75) is 31.6 Å². The van der Waals surface area contributed by atoms with Crippen LogP contribution in [0.1, 0.15) is 37.3 Å². The van der Waals surface area contributed by atoms with Crippen molar-refractivity contribution < 1.29 is 0 Å². The Morgan fingerprint density at radius 1 is 1.21 bits per heavy atom. The molecule has 1 aliphatic rings. The van der Waals surface area contributed by atoms with Gasteiger partial charge >= 0.3 is 0 Å². The zero-order valence-corrected chi connectivity index (χ0v) is 10.7. The molecule has 2 heterocycles. The summed E-state index contributed by atoms with van der Waals surface area (Å²) < 4.78 is 0. The molecule has 19 heavy (non-hydrogen) atoms. The quantitative estimate of drug-likeness (QED) is 0.651. The maximum absolute atomic E-state index is 5.51. The van der Waals surface area contributed by atoms with Crippen LogP contribution in [0.15, 0.2) is 30.6 Å². The minimum atomic E-state index is 0.533. The second kappa shape index (κ2) is 5.32. The van der Waals surface area contributed by atoms with E-state index in [1.165, 1.54) is 25.7 Å². The molecule has 0 saturated heterocycles. The molecule has 3 rings (SSSR count). The maximum Gasteiger partial charge on any atom is 0.163 e. The molecular formula is C14H17N5. The summed E-state index contributed by atoms with van der Waals surface area (Å²) in [7, 11) is 0. The first-order chi connectivity index (χ1) is 9.36. The summed E-state index contributed by atoms with van der Waals surface area (Å²) in [6.07, 6.45) is 8.48. The lowest BCUT2D eigenvalue weighted by molar-refractivity contribution is 0.695. The highest BCUT2D eigenvalue weighted by atomic mass is 15.3. The molecule has 0 amide bonds. The van der Waals surface area contributed by atoms with Gasteiger partial charge in [-0.05, 0) is 25.0 Å². The van der Waals surface area contributed by atoms with Crippen LogP contribution < -0.4 is 11.3 Å². The van der Waals surface area contributed by atoms with Crippen LogP contribution in [-0.4, -0.2) is 15.0 Å². The van der Waals surface area contributed by atoms with E-state index < -0.39 is 0 Å². The van der Waals surface area contributed by atoms with E-state index in [0.29, 0.717) is 17.6 Å². The van der Waals surface area contributed by atoms with Gasteiger partial charge in [0.15, 0.2) is 5.82 Å². The van der Waals surface area contributed by atoms with Gasteiger partial charge in [-0.3, -0.25) is 4.98 Å². The molecule has 0 radical (unpaired) electrons. The smallest absolute Gasteiger partial charge is 0.163 e. The SMILES string of the molecule is NNc1cc(C2CCCC2)nc(-c2cccnc2)n1. The molecule has 2 aromatic rings. The summed E-state index contributed by atoms with van der Waals surface area (Å²) in [4.78, 5) is 13.2. The molecule has 5 nitrogen and oxygen atoms in total. The minimum absolute atomic E-state index is 0.533. The van der Waals surface area contributed by atoms with Crippen LogP contribution in [0, 0.1) is 0 Å². The van der Waals surface area contributed by atoms with Crippen molar-refractivity contribution in [3.8, 4) is 11.4 Å². The van der Waals surface area contributed by atoms with Gasteiger partial charge in [0.1, 0.15) is 5.82 Å². The van der Waals surface area contributed by atoms with Crippen molar-refractivity contribution in [3.05, 3.63) is 36.3 Å². The Morgan fingerprint density at radius 3 is 2.74 bits per heavy atom. The van der Waals surface area contributed by atoms with E-state index in [2.05, 4.69) is 20.4 Å². The van der Waals surface area contributed by atoms with Gasteiger partial charge in [-0.25, -0.2) is 15.8 Å². The van der Waals surface area contributed by atoms with E-state index in [9.17, 15) is 0 Å². The summed E-state index contributed by atoms with van der Waals surface area (Å²) >= 11 is 0. The lowest BCUT2D eigenvalue weighted by atomic mass is 10.0. The number of anilines is 1. The molecule has 0 aromatic carbocycles. The van der Waals surface area contributed by atoms with Gasteiger partial charge in [0.05, 0.1) is 0 Å². The van der Waals surface area contributed by atoms with Crippen LogP contribution >= 0.6 is 0 Å². The number of hydrogen-bond acceptors (Lipinski definition) is 5. The van der Waals surface area contributed by atoms with Crippen LogP contribution in [0.5, 0.6) is 0 Å². The normalized spacial score (nSPS) is 15.6. The van der Waals surface area contributed by atoms with Crippen molar-refractivity contribution in [1.82, 2.24) is 15.0 Å². The Balaban J connectivity index is 2.02. The fourth-order valence-corrected chi connectivity index (χ4v) is 2.59. The first-order valence-electron chi connectivity index (χ1n) is 6.63. The maximum atomic E-state index is 5.51. The molecule has 0 aliphatic heterocycles. The van der Waals surface area contributed by atoms with E-state index >= 15 is 0 Å². The molecule has 0 atom stereocenters. The van der Waals surface area contributed by atoms with Gasteiger partial charge in [0, 0.05) is 35.6 Å². The molecule has 0 spiro atoms. The average molecular weight is 255 g/mol. The Hall–Kier alpha value is -2.01. The van der Waals surface area contributed by atoms with E-state index in [4.69, 9.17) is 5.84 Å². The number of nitrogens with zero attached hydrogens (tertiary/aromatic N) is 3. The predicted molar refractivity (Wildman–Crippen MR) is 74.3 cm³/mol. The third-order valence-electron chi connectivity index (χ3n) is 3.59. The Labute approximate surface area is 112 Å². The number of nitrogens with one attached hydrogen (secondary N) is 1. The molecule has 0 unspecified atom stereocenters. The first-order valence-corrected chi connectivity index (χ1v) is 6.63. The third-order valence-corrected chi connectivity index (χ3v) is 3.59. The average Bonchev–Trinajstić information content (AvgIpc) is 3.02. The number of nitrogen functional groups attached to an aromatic ring is 1. The van der Waals surface area contributed by atoms with Gasteiger partial charge in [-0.2, -0.15) is 0 Å². The zero-order chi connectivity index (χ0) is 13.1. The number of hydrazine groups is 1. The highest BCUT2D eigenvalue weighted by Gasteiger charge is 2.20. The van der Waals surface area contributed by atoms with E-state index in [-0.39, 0.29) is 0 Å². The van der Waals surface area contributed by atoms with Crippen LogP contribution in [0.2, 0.25) is 0 Å². The van der Waals surface area contributed by atoms with Gasteiger partial charge in [0.25, 0.3) is 0 Å². The Bertz CT molecular complexity index is 549. The van der Waals surface area contributed by atoms with Crippen molar-refractivity contribution in [2.24, 2.45) is 5.84 Å². The molecule has 1 aliphatic carbocycles. The van der Waals surface area contributed by atoms with Crippen LogP contribution in [0.3, 0.4) is 0 Å². The standard InChI is InChI=1S/C14H17N5/c15-19-13-8-12(10-4-1-2-5-10)17-14(18-13)11-6-3-7-16-9-11/h3,6-10H,1-2,4-5,15H2,(H,17,18,19). The second-order valence-corrected chi connectivity index (χ2v) is 4.87. The first kappa shape index (κ1) is 12.0. The summed E-state index contributed by atoms with van der Waals surface area (Å²) in [5, 5.41) is 0. The molecule has 2 aromatic heterocycles. The zero-order valence-electron chi connectivity index (χ0n) is 10.7. The van der Waals surface area contributed by atoms with Gasteiger partial charge < -0.3 is 5.43 Å². The number of hydrogen-bond donors (Lipinski definition) is 2. The Kier molecular flexibility index (Phi) is 3.37. The minimum Gasteiger partial charge on any atom is -0.308 e. The van der Waals surface area contributed by atoms with Gasteiger partial charge in [-0.1, -0.05) is 12.8 Å². The summed E-state index contributed by atoms with van der Waals surface area (Å²) in [6, 6.07) is 5.80. The third kappa shape index (κ3) is 2.56. The Morgan fingerprint density at radius 2 is 2.05 bits per heavy atom. The fraction of sp³-hybridized carbons (Fsp3) is 0.357. The summed E-state index contributed by atoms with van der Waals surface area (Å²) in [5.74, 6) is 7.39. The molecule has 3 N–H and O–H groups in total. The van der Waals surface area contributed by atoms with Crippen LogP contribution in [-0.2, 0) is 0 Å². The monoisotopic (exact) mass is 255 g/mol. The van der Waals surface area contributed by atoms with Crippen molar-refractivity contribution >= 4 is 5.82 Å². The van der Waals surface area contributed by atoms with Crippen molar-refractivity contribution in [2.75, 3.05) is 5.43 Å². The topological polar surface area (TPSA) is 76.7 Å². The molecule has 0 bridgehead atoms. The van der Waals surface area contributed by atoms with Crippen molar-refractivity contribution in [3.63, 3.8) is 0 Å². The fourth-order valence-electron chi connectivity index (χ4n) is 2.59. The lowest BCUT2D eigenvalue weighted by Crippen LogP contribution is -2.11. The number of pyridine rings is 1. The second-order valence-electron chi connectivity index (χ2n) is 4.87. The largest absolute Gasteiger partial charge is 0.308 e. The highest BCUT2D eigenvalue weighted by Crippen LogP contribution is 2.34. The molecule has 5 heteroatoms. The van der Waals surface area contributed by atoms with Crippen LogP contribution in [0.25, 0.3) is 11.4 Å². The number of nitrogens with two attached hydrogens (primary N) is 1. The van der Waals surface area contributed by atoms with E-state index in [1.807, 2.05) is 18.2 Å². The summed E-state index contributed by atoms with van der Waals surface area (Å²) in [5.41, 5.74) is 4.63. The number of rotatable bonds is 3. The van der Waals surface area contributed by atoms with Gasteiger partial charge in [0.2, 0.25) is 0 Å². The predicted octanol–water partition coefficient (Wildman–Crippen LogP) is 2.48. The van der Waals surface area contributed by atoms with Crippen molar-refractivity contribution in [1.29, 1.82) is 0 Å². The van der Waals surface area contributed by atoms with E-state index in [0.717, 1.165) is 11.3 Å². The molecule has 1 saturated carbocycles. The lowest BCUT2D eigenvalue weighted by Gasteiger charge is -2.12. The highest BCUT2D eigenvalue weighted by molar-refractivity contribution is 5.56.